The van der Waals surface area contributed by atoms with E-state index in [0.717, 1.165) is 11.8 Å². The molecule has 0 bridgehead atoms. The monoisotopic (exact) mass is 339 g/mol. The van der Waals surface area contributed by atoms with Crippen molar-refractivity contribution in [2.24, 2.45) is 11.8 Å². The standard InChI is InChI=1S/C23H49N/c1-22(2)18-14-10-7-5-6-8-12-16-20-24-21-17-13-9-11-15-19-23(3)4/h22-24H,5-21H2,1-4H3. The second kappa shape index (κ2) is 19.3. The summed E-state index contributed by atoms with van der Waals surface area (Å²) in [4.78, 5) is 0. The quantitative estimate of drug-likeness (QED) is 0.237. The minimum atomic E-state index is 0.886. The molecule has 1 N–H and O–H groups in total. The first-order valence-electron chi connectivity index (χ1n) is 11.3. The highest BCUT2D eigenvalue weighted by Gasteiger charge is 1.96. The van der Waals surface area contributed by atoms with Crippen LogP contribution in [0.2, 0.25) is 0 Å². The van der Waals surface area contributed by atoms with E-state index >= 15 is 0 Å². The van der Waals surface area contributed by atoms with E-state index in [4.69, 9.17) is 0 Å². The molecular formula is C23H49N. The van der Waals surface area contributed by atoms with Gasteiger partial charge < -0.3 is 5.32 Å². The molecule has 0 spiro atoms. The molecule has 0 saturated carbocycles. The lowest BCUT2D eigenvalue weighted by Gasteiger charge is -2.06. The highest BCUT2D eigenvalue weighted by atomic mass is 14.8. The third-order valence-electron chi connectivity index (χ3n) is 5.02. The van der Waals surface area contributed by atoms with Crippen LogP contribution < -0.4 is 5.32 Å². The summed E-state index contributed by atoms with van der Waals surface area (Å²) in [6.07, 6.45) is 21.5. The van der Waals surface area contributed by atoms with E-state index in [9.17, 15) is 0 Å². The highest BCUT2D eigenvalue weighted by molar-refractivity contribution is 4.53. The van der Waals surface area contributed by atoms with Crippen molar-refractivity contribution in [2.75, 3.05) is 13.1 Å². The Bertz CT molecular complexity index is 198. The van der Waals surface area contributed by atoms with Crippen molar-refractivity contribution in [1.82, 2.24) is 5.32 Å². The van der Waals surface area contributed by atoms with Crippen molar-refractivity contribution in [2.45, 2.75) is 124 Å². The van der Waals surface area contributed by atoms with Crippen molar-refractivity contribution < 1.29 is 0 Å². The lowest BCUT2D eigenvalue weighted by Crippen LogP contribution is -2.16. The van der Waals surface area contributed by atoms with E-state index in [-0.39, 0.29) is 0 Å². The molecule has 0 aromatic rings. The molecule has 0 aliphatic rings. The van der Waals surface area contributed by atoms with Gasteiger partial charge in [0.15, 0.2) is 0 Å². The maximum atomic E-state index is 3.62. The summed E-state index contributed by atoms with van der Waals surface area (Å²) in [7, 11) is 0. The molecular weight excluding hydrogens is 290 g/mol. The maximum Gasteiger partial charge on any atom is -0.00489 e. The molecule has 1 heteroatoms. The van der Waals surface area contributed by atoms with Gasteiger partial charge in [-0.3, -0.25) is 0 Å². The van der Waals surface area contributed by atoms with E-state index < -0.39 is 0 Å². The fourth-order valence-electron chi connectivity index (χ4n) is 3.32. The van der Waals surface area contributed by atoms with E-state index in [1.165, 1.54) is 109 Å². The number of hydrogen-bond donors (Lipinski definition) is 1. The fraction of sp³-hybridized carbons (Fsp3) is 1.00. The number of unbranched alkanes of at least 4 members (excludes halogenated alkanes) is 11. The lowest BCUT2D eigenvalue weighted by atomic mass is 10.0. The summed E-state index contributed by atoms with van der Waals surface area (Å²) in [6, 6.07) is 0. The SMILES string of the molecule is CC(C)CCCCCCCCCCNCCCCCCCC(C)C. The molecule has 0 unspecified atom stereocenters. The average molecular weight is 340 g/mol. The summed E-state index contributed by atoms with van der Waals surface area (Å²) in [6.45, 7) is 11.8. The first-order valence-corrected chi connectivity index (χ1v) is 11.3. The Morgan fingerprint density at radius 1 is 0.417 bits per heavy atom. The predicted octanol–water partition coefficient (Wildman–Crippen LogP) is 7.74. The van der Waals surface area contributed by atoms with E-state index in [1.807, 2.05) is 0 Å². The largest absolute Gasteiger partial charge is 0.317 e. The van der Waals surface area contributed by atoms with Gasteiger partial charge in [0.1, 0.15) is 0 Å². The molecule has 0 aromatic carbocycles. The van der Waals surface area contributed by atoms with E-state index in [0.29, 0.717) is 0 Å². The van der Waals surface area contributed by atoms with Gasteiger partial charge in [0, 0.05) is 0 Å². The van der Waals surface area contributed by atoms with Gasteiger partial charge in [-0.15, -0.1) is 0 Å². The summed E-state index contributed by atoms with van der Waals surface area (Å²) < 4.78 is 0. The zero-order valence-electron chi connectivity index (χ0n) is 17.7. The lowest BCUT2D eigenvalue weighted by molar-refractivity contribution is 0.499. The normalized spacial score (nSPS) is 11.8. The number of hydrogen-bond acceptors (Lipinski definition) is 1. The maximum absolute atomic E-state index is 3.62. The second-order valence-electron chi connectivity index (χ2n) is 8.71. The molecule has 0 aliphatic heterocycles. The highest BCUT2D eigenvalue weighted by Crippen LogP contribution is 2.12. The van der Waals surface area contributed by atoms with Crippen LogP contribution in [0.5, 0.6) is 0 Å². The third kappa shape index (κ3) is 22.0. The molecule has 1 nitrogen and oxygen atoms in total. The summed E-state index contributed by atoms with van der Waals surface area (Å²) in [5.74, 6) is 1.78. The van der Waals surface area contributed by atoms with E-state index in [2.05, 4.69) is 33.0 Å². The second-order valence-corrected chi connectivity index (χ2v) is 8.71. The Kier molecular flexibility index (Phi) is 19.3. The molecule has 0 aromatic heterocycles. The Hall–Kier alpha value is -0.0400. The van der Waals surface area contributed by atoms with Crippen LogP contribution >= 0.6 is 0 Å². The smallest absolute Gasteiger partial charge is 0.00489 e. The average Bonchev–Trinajstić information content (AvgIpc) is 2.53. The van der Waals surface area contributed by atoms with Crippen LogP contribution in [0, 0.1) is 11.8 Å². The molecule has 0 radical (unpaired) electrons. The van der Waals surface area contributed by atoms with Crippen LogP contribution in [0.15, 0.2) is 0 Å². The minimum Gasteiger partial charge on any atom is -0.317 e. The van der Waals surface area contributed by atoms with Gasteiger partial charge in [0.05, 0.1) is 0 Å². The first-order chi connectivity index (χ1) is 11.6. The topological polar surface area (TPSA) is 12.0 Å². The van der Waals surface area contributed by atoms with Crippen LogP contribution in [0.3, 0.4) is 0 Å². The van der Waals surface area contributed by atoms with Crippen molar-refractivity contribution in [1.29, 1.82) is 0 Å². The fourth-order valence-corrected chi connectivity index (χ4v) is 3.32. The molecule has 24 heavy (non-hydrogen) atoms. The Morgan fingerprint density at radius 3 is 1.04 bits per heavy atom. The molecule has 0 fully saturated rings. The van der Waals surface area contributed by atoms with Gasteiger partial charge in [-0.1, -0.05) is 111 Å². The Labute approximate surface area is 154 Å². The van der Waals surface area contributed by atoms with Crippen LogP contribution in [0.1, 0.15) is 124 Å². The van der Waals surface area contributed by atoms with Crippen molar-refractivity contribution in [3.8, 4) is 0 Å². The Morgan fingerprint density at radius 2 is 0.708 bits per heavy atom. The van der Waals surface area contributed by atoms with Crippen molar-refractivity contribution in [3.05, 3.63) is 0 Å². The first kappa shape index (κ1) is 24.0. The van der Waals surface area contributed by atoms with Gasteiger partial charge in [-0.05, 0) is 37.8 Å². The molecule has 0 amide bonds. The molecule has 0 saturated heterocycles. The van der Waals surface area contributed by atoms with Gasteiger partial charge in [0.25, 0.3) is 0 Å². The van der Waals surface area contributed by atoms with Crippen LogP contribution in [-0.2, 0) is 0 Å². The minimum absolute atomic E-state index is 0.886. The van der Waals surface area contributed by atoms with Crippen molar-refractivity contribution >= 4 is 0 Å². The van der Waals surface area contributed by atoms with Crippen LogP contribution in [0.4, 0.5) is 0 Å². The zero-order chi connectivity index (χ0) is 17.9. The Balaban J connectivity index is 2.98. The third-order valence-corrected chi connectivity index (χ3v) is 5.02. The number of nitrogens with one attached hydrogen (secondary N) is 1. The molecule has 0 rings (SSSR count). The van der Waals surface area contributed by atoms with Gasteiger partial charge in [-0.25, -0.2) is 0 Å². The number of rotatable bonds is 19. The summed E-state index contributed by atoms with van der Waals surface area (Å²) in [5.41, 5.74) is 0. The van der Waals surface area contributed by atoms with Gasteiger partial charge in [0.2, 0.25) is 0 Å². The van der Waals surface area contributed by atoms with Crippen LogP contribution in [0.25, 0.3) is 0 Å². The van der Waals surface area contributed by atoms with Crippen LogP contribution in [-0.4, -0.2) is 13.1 Å². The van der Waals surface area contributed by atoms with Crippen molar-refractivity contribution in [3.63, 3.8) is 0 Å². The summed E-state index contributed by atoms with van der Waals surface area (Å²) in [5, 5.41) is 3.62. The zero-order valence-corrected chi connectivity index (χ0v) is 17.7. The predicted molar refractivity (Wildman–Crippen MR) is 112 cm³/mol. The molecule has 146 valence electrons. The summed E-state index contributed by atoms with van der Waals surface area (Å²) >= 11 is 0. The van der Waals surface area contributed by atoms with Gasteiger partial charge >= 0.3 is 0 Å². The molecule has 0 atom stereocenters. The molecule has 0 heterocycles. The van der Waals surface area contributed by atoms with Gasteiger partial charge in [-0.2, -0.15) is 0 Å². The van der Waals surface area contributed by atoms with E-state index in [1.54, 1.807) is 0 Å². The molecule has 0 aliphatic carbocycles.